The van der Waals surface area contributed by atoms with Gasteiger partial charge in [-0.1, -0.05) is 25.0 Å². The molecule has 1 aliphatic carbocycles. The summed E-state index contributed by atoms with van der Waals surface area (Å²) in [5.41, 5.74) is -0.239. The van der Waals surface area contributed by atoms with E-state index in [9.17, 15) is 19.2 Å². The minimum atomic E-state index is -0.748. The van der Waals surface area contributed by atoms with Crippen molar-refractivity contribution in [2.24, 2.45) is 0 Å². The molecule has 3 aliphatic rings. The lowest BCUT2D eigenvalue weighted by Gasteiger charge is -2.24. The summed E-state index contributed by atoms with van der Waals surface area (Å²) >= 11 is 0. The van der Waals surface area contributed by atoms with Crippen LogP contribution in [0.3, 0.4) is 0 Å². The van der Waals surface area contributed by atoms with E-state index in [4.69, 9.17) is 4.74 Å². The molecule has 4 rings (SSSR count). The van der Waals surface area contributed by atoms with Gasteiger partial charge in [0, 0.05) is 39.1 Å². The van der Waals surface area contributed by atoms with E-state index in [0.717, 1.165) is 12.8 Å². The first kappa shape index (κ1) is 22.1. The molecule has 0 radical (unpaired) electrons. The van der Waals surface area contributed by atoms with Gasteiger partial charge in [0.25, 0.3) is 11.8 Å². The van der Waals surface area contributed by atoms with Gasteiger partial charge >= 0.3 is 6.03 Å². The molecule has 0 bridgehead atoms. The van der Waals surface area contributed by atoms with Crippen molar-refractivity contribution in [3.63, 3.8) is 0 Å². The van der Waals surface area contributed by atoms with Crippen molar-refractivity contribution in [2.75, 3.05) is 39.8 Å². The number of imide groups is 1. The summed E-state index contributed by atoms with van der Waals surface area (Å²) in [6.07, 6.45) is 3.95. The maximum Gasteiger partial charge on any atom is 0.325 e. The number of nitrogens with zero attached hydrogens (tertiary/aromatic N) is 3. The third-order valence-electron chi connectivity index (χ3n) is 6.73. The molecule has 2 aliphatic heterocycles. The van der Waals surface area contributed by atoms with Crippen molar-refractivity contribution in [2.45, 2.75) is 44.1 Å². The van der Waals surface area contributed by atoms with Crippen LogP contribution in [0.2, 0.25) is 0 Å². The van der Waals surface area contributed by atoms with Crippen LogP contribution in [0.4, 0.5) is 4.79 Å². The predicted octanol–water partition coefficient (Wildman–Crippen LogP) is 1.62. The molecule has 9 heteroatoms. The molecule has 9 nitrogen and oxygen atoms in total. The number of ether oxygens (including phenoxy) is 1. The Morgan fingerprint density at radius 3 is 2.44 bits per heavy atom. The number of para-hydroxylation sites is 1. The Kier molecular flexibility index (Phi) is 6.34. The first-order chi connectivity index (χ1) is 15.4. The lowest BCUT2D eigenvalue weighted by atomic mass is 9.98. The van der Waals surface area contributed by atoms with Gasteiger partial charge in [-0.05, 0) is 31.4 Å². The number of hydrogen-bond acceptors (Lipinski definition) is 5. The molecule has 2 saturated heterocycles. The molecule has 1 aromatic rings. The van der Waals surface area contributed by atoms with E-state index in [2.05, 4.69) is 5.32 Å². The average molecular weight is 443 g/mol. The number of hydrogen-bond donors (Lipinski definition) is 1. The maximum atomic E-state index is 13.0. The number of benzene rings is 1. The zero-order valence-electron chi connectivity index (χ0n) is 18.5. The molecule has 0 atom stereocenters. The molecular weight excluding hydrogens is 412 g/mol. The van der Waals surface area contributed by atoms with E-state index in [0.29, 0.717) is 56.8 Å². The zero-order valence-corrected chi connectivity index (χ0v) is 18.5. The summed E-state index contributed by atoms with van der Waals surface area (Å²) in [6.45, 7) is 2.03. The summed E-state index contributed by atoms with van der Waals surface area (Å²) in [5.74, 6) is 0.114. The monoisotopic (exact) mass is 442 g/mol. The summed E-state index contributed by atoms with van der Waals surface area (Å²) in [5, 5.41) is 2.84. The highest BCUT2D eigenvalue weighted by atomic mass is 16.5. The van der Waals surface area contributed by atoms with Crippen molar-refractivity contribution >= 4 is 23.8 Å². The third-order valence-corrected chi connectivity index (χ3v) is 6.73. The zero-order chi connectivity index (χ0) is 22.7. The smallest absolute Gasteiger partial charge is 0.325 e. The third kappa shape index (κ3) is 4.16. The van der Waals surface area contributed by atoms with Crippen LogP contribution in [0.1, 0.15) is 48.9 Å². The van der Waals surface area contributed by atoms with Crippen LogP contribution in [-0.2, 0) is 9.59 Å². The van der Waals surface area contributed by atoms with Crippen LogP contribution < -0.4 is 10.1 Å². The molecule has 1 aromatic carbocycles. The van der Waals surface area contributed by atoms with Crippen LogP contribution in [0.5, 0.6) is 5.75 Å². The molecule has 0 unspecified atom stereocenters. The van der Waals surface area contributed by atoms with Gasteiger partial charge in [0.15, 0.2) is 0 Å². The fourth-order valence-corrected chi connectivity index (χ4v) is 4.92. The summed E-state index contributed by atoms with van der Waals surface area (Å²) in [7, 11) is 1.54. The predicted molar refractivity (Wildman–Crippen MR) is 116 cm³/mol. The van der Waals surface area contributed by atoms with Crippen molar-refractivity contribution in [1.82, 2.24) is 20.0 Å². The van der Waals surface area contributed by atoms with Gasteiger partial charge < -0.3 is 19.9 Å². The van der Waals surface area contributed by atoms with Gasteiger partial charge in [-0.3, -0.25) is 19.3 Å². The second-order valence-corrected chi connectivity index (χ2v) is 8.65. The summed E-state index contributed by atoms with van der Waals surface area (Å²) in [4.78, 5) is 55.5. The molecule has 5 amide bonds. The summed E-state index contributed by atoms with van der Waals surface area (Å²) in [6, 6.07) is 6.72. The standard InChI is InChI=1S/C23H30N4O5/c1-32-18-8-3-2-7-17(18)20(29)26-13-6-12-25(15-16-26)19(28)9-14-27-21(30)23(24-22(27)31)10-4-5-11-23/h2-3,7-8H,4-6,9-16H2,1H3,(H,24,31). The lowest BCUT2D eigenvalue weighted by molar-refractivity contribution is -0.133. The molecule has 1 saturated carbocycles. The quantitative estimate of drug-likeness (QED) is 0.699. The van der Waals surface area contributed by atoms with Crippen LogP contribution in [0.25, 0.3) is 0 Å². The van der Waals surface area contributed by atoms with Gasteiger partial charge in [0.05, 0.1) is 12.7 Å². The fraction of sp³-hybridized carbons (Fsp3) is 0.565. The largest absolute Gasteiger partial charge is 0.496 e. The number of rotatable bonds is 5. The second kappa shape index (κ2) is 9.18. The van der Waals surface area contributed by atoms with E-state index in [1.807, 2.05) is 6.07 Å². The lowest BCUT2D eigenvalue weighted by Crippen LogP contribution is -2.44. The molecule has 0 aromatic heterocycles. The maximum absolute atomic E-state index is 13.0. The molecule has 1 spiro atoms. The van der Waals surface area contributed by atoms with Crippen LogP contribution in [0.15, 0.2) is 24.3 Å². The van der Waals surface area contributed by atoms with E-state index >= 15 is 0 Å². The minimum absolute atomic E-state index is 0.0889. The fourth-order valence-electron chi connectivity index (χ4n) is 4.92. The van der Waals surface area contributed by atoms with Crippen LogP contribution in [-0.4, -0.2) is 83.8 Å². The topological polar surface area (TPSA) is 99.3 Å². The Balaban J connectivity index is 1.32. The minimum Gasteiger partial charge on any atom is -0.496 e. The molecule has 172 valence electrons. The Morgan fingerprint density at radius 1 is 1.00 bits per heavy atom. The number of carbonyl (C=O) groups is 4. The molecule has 32 heavy (non-hydrogen) atoms. The Hall–Kier alpha value is -3.10. The van der Waals surface area contributed by atoms with Gasteiger partial charge in [-0.2, -0.15) is 0 Å². The first-order valence-corrected chi connectivity index (χ1v) is 11.3. The van der Waals surface area contributed by atoms with Gasteiger partial charge in [0.1, 0.15) is 11.3 Å². The SMILES string of the molecule is COc1ccccc1C(=O)N1CCCN(C(=O)CCN2C(=O)NC3(CCCC3)C2=O)CC1. The van der Waals surface area contributed by atoms with Gasteiger partial charge in [0.2, 0.25) is 5.91 Å². The second-order valence-electron chi connectivity index (χ2n) is 8.65. The Labute approximate surface area is 187 Å². The highest BCUT2D eigenvalue weighted by Gasteiger charge is 2.52. The number of methoxy groups -OCH3 is 1. The molecule has 3 fully saturated rings. The number of carbonyl (C=O) groups excluding carboxylic acids is 4. The van der Waals surface area contributed by atoms with Crippen LogP contribution >= 0.6 is 0 Å². The Bertz CT molecular complexity index is 911. The number of urea groups is 1. The van der Waals surface area contributed by atoms with E-state index in [1.54, 1.807) is 28.0 Å². The molecule has 2 heterocycles. The van der Waals surface area contributed by atoms with Crippen molar-refractivity contribution < 1.29 is 23.9 Å². The summed E-state index contributed by atoms with van der Waals surface area (Å²) < 4.78 is 5.30. The van der Waals surface area contributed by atoms with E-state index in [1.165, 1.54) is 12.0 Å². The van der Waals surface area contributed by atoms with Crippen molar-refractivity contribution in [1.29, 1.82) is 0 Å². The van der Waals surface area contributed by atoms with Crippen molar-refractivity contribution in [3.05, 3.63) is 29.8 Å². The van der Waals surface area contributed by atoms with E-state index in [-0.39, 0.29) is 30.7 Å². The van der Waals surface area contributed by atoms with E-state index < -0.39 is 11.6 Å². The normalized spacial score (nSPS) is 20.5. The van der Waals surface area contributed by atoms with Gasteiger partial charge in [-0.25, -0.2) is 4.79 Å². The first-order valence-electron chi connectivity index (χ1n) is 11.3. The Morgan fingerprint density at radius 2 is 1.69 bits per heavy atom. The highest BCUT2D eigenvalue weighted by Crippen LogP contribution is 2.35. The van der Waals surface area contributed by atoms with Crippen molar-refractivity contribution in [3.8, 4) is 5.75 Å². The number of amides is 5. The average Bonchev–Trinajstić information content (AvgIpc) is 3.25. The number of nitrogens with one attached hydrogen (secondary N) is 1. The molecule has 1 N–H and O–H groups in total. The van der Waals surface area contributed by atoms with Crippen LogP contribution in [0, 0.1) is 0 Å². The van der Waals surface area contributed by atoms with Gasteiger partial charge in [-0.15, -0.1) is 0 Å². The molecular formula is C23H30N4O5. The highest BCUT2D eigenvalue weighted by molar-refractivity contribution is 6.07.